The lowest BCUT2D eigenvalue weighted by molar-refractivity contribution is 0.0963. The number of nitrogens with one attached hydrogen (secondary N) is 2. The van der Waals surface area contributed by atoms with Crippen molar-refractivity contribution in [1.82, 2.24) is 15.5 Å². The van der Waals surface area contributed by atoms with Crippen LogP contribution in [0, 0.1) is 0 Å². The van der Waals surface area contributed by atoms with Gasteiger partial charge in [-0.1, -0.05) is 29.8 Å². The molecule has 2 N–H and O–H groups in total. The van der Waals surface area contributed by atoms with Gasteiger partial charge in [-0.3, -0.25) is 4.99 Å². The fourth-order valence-electron chi connectivity index (χ4n) is 2.63. The molecule has 0 unspecified atom stereocenters. The largest absolute Gasteiger partial charge is 0.450 e. The van der Waals surface area contributed by atoms with E-state index in [2.05, 4.69) is 15.6 Å². The van der Waals surface area contributed by atoms with Crippen LogP contribution in [0.4, 0.5) is 4.79 Å². The number of guanidine groups is 1. The predicted octanol–water partition coefficient (Wildman–Crippen LogP) is 3.24. The summed E-state index contributed by atoms with van der Waals surface area (Å²) in [5, 5.41) is 7.42. The fraction of sp³-hybridized carbons (Fsp3) is 0.529. The highest BCUT2D eigenvalue weighted by Gasteiger charge is 2.23. The van der Waals surface area contributed by atoms with E-state index in [9.17, 15) is 4.79 Å². The molecular weight excluding hydrogens is 455 g/mol. The second kappa shape index (κ2) is 11.4. The van der Waals surface area contributed by atoms with Gasteiger partial charge >= 0.3 is 6.09 Å². The molecule has 1 saturated heterocycles. The Morgan fingerprint density at radius 1 is 1.36 bits per heavy atom. The summed E-state index contributed by atoms with van der Waals surface area (Å²) in [5.41, 5.74) is 1.03. The van der Waals surface area contributed by atoms with Crippen molar-refractivity contribution in [3.8, 4) is 0 Å². The predicted molar refractivity (Wildman–Crippen MR) is 112 cm³/mol. The minimum absolute atomic E-state index is 0. The number of amides is 1. The summed E-state index contributed by atoms with van der Waals surface area (Å²) in [5.74, 6) is 0.740. The summed E-state index contributed by atoms with van der Waals surface area (Å²) in [6, 6.07) is 8.02. The van der Waals surface area contributed by atoms with Gasteiger partial charge in [0, 0.05) is 37.7 Å². The van der Waals surface area contributed by atoms with Crippen LogP contribution in [0.15, 0.2) is 29.3 Å². The molecule has 0 aliphatic carbocycles. The van der Waals surface area contributed by atoms with Gasteiger partial charge in [-0.2, -0.15) is 0 Å². The molecule has 1 aromatic rings. The number of hydrogen-bond acceptors (Lipinski definition) is 3. The Bertz CT molecular complexity index is 578. The Hall–Kier alpha value is -1.22. The van der Waals surface area contributed by atoms with E-state index in [-0.39, 0.29) is 36.1 Å². The lowest BCUT2D eigenvalue weighted by Gasteiger charge is -2.32. The Kier molecular flexibility index (Phi) is 9.96. The quantitative estimate of drug-likeness (QED) is 0.394. The SMILES string of the molecule is CCOC(=O)N1CCC(NC(=NC)NCc2ccccc2Cl)CC1.I. The van der Waals surface area contributed by atoms with Crippen LogP contribution < -0.4 is 10.6 Å². The molecule has 1 heterocycles. The van der Waals surface area contributed by atoms with E-state index in [1.165, 1.54) is 0 Å². The van der Waals surface area contributed by atoms with E-state index in [0.29, 0.717) is 26.2 Å². The number of benzene rings is 1. The smallest absolute Gasteiger partial charge is 0.409 e. The number of aliphatic imine (C=N–C) groups is 1. The van der Waals surface area contributed by atoms with Crippen LogP contribution in [-0.4, -0.2) is 49.7 Å². The third kappa shape index (κ3) is 6.89. The van der Waals surface area contributed by atoms with Crippen LogP contribution in [0.5, 0.6) is 0 Å². The molecule has 0 atom stereocenters. The summed E-state index contributed by atoms with van der Waals surface area (Å²) in [4.78, 5) is 17.7. The first-order chi connectivity index (χ1) is 11.6. The van der Waals surface area contributed by atoms with E-state index < -0.39 is 0 Å². The maximum absolute atomic E-state index is 11.7. The Morgan fingerprint density at radius 2 is 2.04 bits per heavy atom. The van der Waals surface area contributed by atoms with Gasteiger partial charge in [0.05, 0.1) is 6.61 Å². The average Bonchev–Trinajstić information content (AvgIpc) is 2.60. The summed E-state index contributed by atoms with van der Waals surface area (Å²) in [7, 11) is 1.75. The lowest BCUT2D eigenvalue weighted by Crippen LogP contribution is -2.49. The molecule has 6 nitrogen and oxygen atoms in total. The topological polar surface area (TPSA) is 66.0 Å². The highest BCUT2D eigenvalue weighted by Crippen LogP contribution is 2.14. The van der Waals surface area contributed by atoms with Gasteiger partial charge in [0.15, 0.2) is 5.96 Å². The molecule has 0 saturated carbocycles. The first-order valence-electron chi connectivity index (χ1n) is 8.26. The second-order valence-corrected chi connectivity index (χ2v) is 6.03. The van der Waals surface area contributed by atoms with Crippen LogP contribution in [0.1, 0.15) is 25.3 Å². The first-order valence-corrected chi connectivity index (χ1v) is 8.64. The van der Waals surface area contributed by atoms with Crippen molar-refractivity contribution >= 4 is 47.6 Å². The second-order valence-electron chi connectivity index (χ2n) is 5.62. The molecule has 25 heavy (non-hydrogen) atoms. The van der Waals surface area contributed by atoms with Crippen molar-refractivity contribution in [3.63, 3.8) is 0 Å². The highest BCUT2D eigenvalue weighted by atomic mass is 127. The molecule has 1 aliphatic rings. The zero-order valence-corrected chi connectivity index (χ0v) is 17.7. The third-order valence-electron chi connectivity index (χ3n) is 3.99. The van der Waals surface area contributed by atoms with E-state index >= 15 is 0 Å². The monoisotopic (exact) mass is 480 g/mol. The Morgan fingerprint density at radius 3 is 2.64 bits per heavy atom. The molecule has 1 amide bonds. The first kappa shape index (κ1) is 21.8. The van der Waals surface area contributed by atoms with Crippen molar-refractivity contribution in [2.75, 3.05) is 26.7 Å². The number of ether oxygens (including phenoxy) is 1. The third-order valence-corrected chi connectivity index (χ3v) is 4.36. The Balaban J connectivity index is 0.00000312. The van der Waals surface area contributed by atoms with Crippen LogP contribution in [0.2, 0.25) is 5.02 Å². The molecule has 1 aliphatic heterocycles. The molecule has 1 aromatic carbocycles. The van der Waals surface area contributed by atoms with Crippen LogP contribution in [0.25, 0.3) is 0 Å². The van der Waals surface area contributed by atoms with Crippen molar-refractivity contribution in [2.45, 2.75) is 32.4 Å². The van der Waals surface area contributed by atoms with E-state index in [0.717, 1.165) is 29.4 Å². The summed E-state index contributed by atoms with van der Waals surface area (Å²) < 4.78 is 5.04. The number of hydrogen-bond donors (Lipinski definition) is 2. The number of halogens is 2. The van der Waals surface area contributed by atoms with Crippen molar-refractivity contribution in [1.29, 1.82) is 0 Å². The highest BCUT2D eigenvalue weighted by molar-refractivity contribution is 14.0. The molecule has 0 bridgehead atoms. The van der Waals surface area contributed by atoms with Gasteiger partial charge in [0.1, 0.15) is 0 Å². The van der Waals surface area contributed by atoms with E-state index in [4.69, 9.17) is 16.3 Å². The summed E-state index contributed by atoms with van der Waals surface area (Å²) in [6.07, 6.45) is 1.51. The summed E-state index contributed by atoms with van der Waals surface area (Å²) in [6.45, 7) is 4.23. The number of piperidine rings is 1. The van der Waals surface area contributed by atoms with Gasteiger partial charge in [0.25, 0.3) is 0 Å². The minimum Gasteiger partial charge on any atom is -0.450 e. The average molecular weight is 481 g/mol. The molecule has 2 rings (SSSR count). The minimum atomic E-state index is -0.225. The molecule has 8 heteroatoms. The van der Waals surface area contributed by atoms with Crippen molar-refractivity contribution < 1.29 is 9.53 Å². The molecule has 1 fully saturated rings. The molecule has 0 spiro atoms. The zero-order chi connectivity index (χ0) is 17.4. The van der Waals surface area contributed by atoms with Gasteiger partial charge in [-0.25, -0.2) is 4.79 Å². The molecule has 0 aromatic heterocycles. The van der Waals surface area contributed by atoms with Crippen LogP contribution in [-0.2, 0) is 11.3 Å². The van der Waals surface area contributed by atoms with Gasteiger partial charge in [-0.05, 0) is 31.4 Å². The fourth-order valence-corrected chi connectivity index (χ4v) is 2.83. The van der Waals surface area contributed by atoms with Crippen LogP contribution >= 0.6 is 35.6 Å². The van der Waals surface area contributed by atoms with Gasteiger partial charge < -0.3 is 20.3 Å². The van der Waals surface area contributed by atoms with Crippen LogP contribution in [0.3, 0.4) is 0 Å². The maximum atomic E-state index is 11.7. The molecular formula is C17H26ClIN4O2. The van der Waals surface area contributed by atoms with Gasteiger partial charge in [-0.15, -0.1) is 24.0 Å². The number of rotatable bonds is 4. The summed E-state index contributed by atoms with van der Waals surface area (Å²) >= 11 is 6.16. The van der Waals surface area contributed by atoms with Crippen molar-refractivity contribution in [2.24, 2.45) is 4.99 Å². The number of carbonyl (C=O) groups is 1. The normalized spacial score (nSPS) is 15.3. The number of likely N-dealkylation sites (tertiary alicyclic amines) is 1. The standard InChI is InChI=1S/C17H25ClN4O2.HI/c1-3-24-17(23)22-10-8-14(9-11-22)21-16(19-2)20-12-13-6-4-5-7-15(13)18;/h4-7,14H,3,8-12H2,1-2H3,(H2,19,20,21);1H. The maximum Gasteiger partial charge on any atom is 0.409 e. The van der Waals surface area contributed by atoms with Crippen molar-refractivity contribution in [3.05, 3.63) is 34.9 Å². The van der Waals surface area contributed by atoms with Gasteiger partial charge in [0.2, 0.25) is 0 Å². The molecule has 0 radical (unpaired) electrons. The lowest BCUT2D eigenvalue weighted by atomic mass is 10.1. The number of nitrogens with zero attached hydrogens (tertiary/aromatic N) is 2. The molecule has 140 valence electrons. The van der Waals surface area contributed by atoms with E-state index in [1.54, 1.807) is 11.9 Å². The number of carbonyl (C=O) groups excluding carboxylic acids is 1. The van der Waals surface area contributed by atoms with E-state index in [1.807, 2.05) is 31.2 Å². The zero-order valence-electron chi connectivity index (χ0n) is 14.6. The Labute approximate surface area is 171 Å².